The van der Waals surface area contributed by atoms with E-state index in [-0.39, 0.29) is 6.10 Å². The summed E-state index contributed by atoms with van der Waals surface area (Å²) >= 11 is 0. The summed E-state index contributed by atoms with van der Waals surface area (Å²) in [4.78, 5) is 21.9. The van der Waals surface area contributed by atoms with Crippen molar-refractivity contribution in [3.63, 3.8) is 0 Å². The second-order valence-corrected chi connectivity index (χ2v) is 3.62. The molecule has 0 aliphatic rings. The average molecular weight is 207 g/mol. The SMILES string of the molecule is COC(=O)[C@H](C)N=[P+]([O-])OC(C)C. The molecule has 0 spiro atoms. The van der Waals surface area contributed by atoms with Gasteiger partial charge in [-0.2, -0.15) is 4.52 Å². The van der Waals surface area contributed by atoms with Crippen molar-refractivity contribution in [3.05, 3.63) is 0 Å². The van der Waals surface area contributed by atoms with Crippen molar-refractivity contribution in [2.75, 3.05) is 7.11 Å². The van der Waals surface area contributed by atoms with Gasteiger partial charge in [0.2, 0.25) is 0 Å². The van der Waals surface area contributed by atoms with E-state index in [0.717, 1.165) is 0 Å². The van der Waals surface area contributed by atoms with E-state index in [1.807, 2.05) is 0 Å². The van der Waals surface area contributed by atoms with Crippen LogP contribution in [-0.4, -0.2) is 25.2 Å². The Morgan fingerprint density at radius 3 is 2.38 bits per heavy atom. The van der Waals surface area contributed by atoms with E-state index < -0.39 is 20.2 Å². The molecule has 0 aromatic carbocycles. The molecule has 0 bridgehead atoms. The van der Waals surface area contributed by atoms with Crippen molar-refractivity contribution in [1.29, 1.82) is 0 Å². The minimum Gasteiger partial charge on any atom is -0.583 e. The first-order valence-electron chi connectivity index (χ1n) is 3.90. The van der Waals surface area contributed by atoms with Gasteiger partial charge in [0.25, 0.3) is 0 Å². The molecule has 0 saturated carbocycles. The highest BCUT2D eigenvalue weighted by atomic mass is 31.1. The monoisotopic (exact) mass is 207 g/mol. The van der Waals surface area contributed by atoms with Gasteiger partial charge in [0, 0.05) is 0 Å². The molecule has 0 N–H and O–H groups in total. The number of carbonyl (C=O) groups excluding carboxylic acids is 1. The van der Waals surface area contributed by atoms with Crippen LogP contribution in [0.3, 0.4) is 0 Å². The Balaban J connectivity index is 4.13. The van der Waals surface area contributed by atoms with E-state index in [1.54, 1.807) is 13.8 Å². The van der Waals surface area contributed by atoms with Gasteiger partial charge in [-0.05, 0) is 20.8 Å². The largest absolute Gasteiger partial charge is 0.583 e. The second-order valence-electron chi connectivity index (χ2n) is 2.71. The van der Waals surface area contributed by atoms with Crippen LogP contribution in [0.1, 0.15) is 20.8 Å². The molecule has 0 aliphatic heterocycles. The predicted octanol–water partition coefficient (Wildman–Crippen LogP) is 0.829. The van der Waals surface area contributed by atoms with Crippen LogP contribution < -0.4 is 4.89 Å². The first-order chi connectivity index (χ1) is 5.97. The Bertz CT molecular complexity index is 205. The summed E-state index contributed by atoms with van der Waals surface area (Å²) in [5.41, 5.74) is 0. The maximum atomic E-state index is 11.0. The maximum absolute atomic E-state index is 11.0. The third-order valence-electron chi connectivity index (χ3n) is 1.11. The highest BCUT2D eigenvalue weighted by Crippen LogP contribution is 2.20. The molecule has 0 radical (unpaired) electrons. The fourth-order valence-corrected chi connectivity index (χ4v) is 1.36. The molecular formula is C7H14NO4P. The molecule has 0 aliphatic carbocycles. The molecule has 13 heavy (non-hydrogen) atoms. The Hall–Kier alpha value is -0.510. The fourth-order valence-electron chi connectivity index (χ4n) is 0.567. The number of rotatable bonds is 4. The van der Waals surface area contributed by atoms with Crippen LogP contribution in [-0.2, 0) is 14.1 Å². The standard InChI is InChI=1S/C7H14NO4P/c1-5(2)12-13(10)8-6(3)7(9)11-4/h5-6H,1-4H3/t6-/m0/s1. The Morgan fingerprint density at radius 1 is 1.46 bits per heavy atom. The lowest BCUT2D eigenvalue weighted by Crippen LogP contribution is -2.16. The Morgan fingerprint density at radius 2 is 2.00 bits per heavy atom. The summed E-state index contributed by atoms with van der Waals surface area (Å²) < 4.78 is 12.9. The highest BCUT2D eigenvalue weighted by molar-refractivity contribution is 7.33. The molecule has 0 aromatic rings. The number of hydrogen-bond acceptors (Lipinski definition) is 5. The first-order valence-corrected chi connectivity index (χ1v) is 5.03. The van der Waals surface area contributed by atoms with Gasteiger partial charge in [0.05, 0.1) is 7.11 Å². The van der Waals surface area contributed by atoms with Gasteiger partial charge in [-0.1, -0.05) is 4.74 Å². The van der Waals surface area contributed by atoms with Gasteiger partial charge < -0.3 is 9.63 Å². The number of esters is 1. The van der Waals surface area contributed by atoms with Crippen LogP contribution >= 0.6 is 8.17 Å². The van der Waals surface area contributed by atoms with Crippen molar-refractivity contribution in [3.8, 4) is 0 Å². The smallest absolute Gasteiger partial charge is 0.342 e. The molecule has 0 aromatic heterocycles. The number of hydrogen-bond donors (Lipinski definition) is 0. The molecule has 76 valence electrons. The summed E-state index contributed by atoms with van der Waals surface area (Å²) in [6.07, 6.45) is -0.169. The molecule has 6 heteroatoms. The van der Waals surface area contributed by atoms with Crippen molar-refractivity contribution in [1.82, 2.24) is 0 Å². The van der Waals surface area contributed by atoms with Crippen molar-refractivity contribution in [2.24, 2.45) is 4.74 Å². The number of methoxy groups -OCH3 is 1. The Kier molecular flexibility index (Phi) is 5.79. The molecule has 0 saturated heterocycles. The minimum atomic E-state index is -2.12. The van der Waals surface area contributed by atoms with E-state index in [2.05, 4.69) is 9.48 Å². The van der Waals surface area contributed by atoms with Gasteiger partial charge in [-0.15, -0.1) is 0 Å². The van der Waals surface area contributed by atoms with Gasteiger partial charge >= 0.3 is 14.1 Å². The van der Waals surface area contributed by atoms with Crippen molar-refractivity contribution in [2.45, 2.75) is 32.9 Å². The predicted molar refractivity (Wildman–Crippen MR) is 47.0 cm³/mol. The molecular weight excluding hydrogens is 193 g/mol. The van der Waals surface area contributed by atoms with Gasteiger partial charge in [0.1, 0.15) is 6.10 Å². The fraction of sp³-hybridized carbons (Fsp3) is 0.857. The highest BCUT2D eigenvalue weighted by Gasteiger charge is 2.16. The van der Waals surface area contributed by atoms with Crippen LogP contribution in [0, 0.1) is 0 Å². The lowest BCUT2D eigenvalue weighted by molar-refractivity contribution is -0.178. The topological polar surface area (TPSA) is 71.0 Å². The molecule has 0 heterocycles. The van der Waals surface area contributed by atoms with Crippen molar-refractivity contribution < 1.29 is 18.9 Å². The summed E-state index contributed by atoms with van der Waals surface area (Å²) in [7, 11) is -0.869. The lowest BCUT2D eigenvalue weighted by Gasteiger charge is -2.02. The number of ether oxygens (including phenoxy) is 1. The average Bonchev–Trinajstić information content (AvgIpc) is 2.01. The van der Waals surface area contributed by atoms with Crippen LogP contribution in [0.15, 0.2) is 4.74 Å². The second kappa shape index (κ2) is 6.02. The normalized spacial score (nSPS) is 14.5. The van der Waals surface area contributed by atoms with E-state index in [9.17, 15) is 9.69 Å². The van der Waals surface area contributed by atoms with Crippen LogP contribution in [0.5, 0.6) is 0 Å². The van der Waals surface area contributed by atoms with Gasteiger partial charge in [-0.3, -0.25) is 0 Å². The Labute approximate surface area is 78.7 Å². The van der Waals surface area contributed by atoms with Crippen LogP contribution in [0.25, 0.3) is 0 Å². The van der Waals surface area contributed by atoms with E-state index in [0.29, 0.717) is 0 Å². The number of carbonyl (C=O) groups is 1. The van der Waals surface area contributed by atoms with Crippen LogP contribution in [0.4, 0.5) is 0 Å². The van der Waals surface area contributed by atoms with Gasteiger partial charge in [-0.25, -0.2) is 4.79 Å². The number of nitrogens with zero attached hydrogens (tertiary/aromatic N) is 1. The zero-order valence-electron chi connectivity index (χ0n) is 8.18. The zero-order valence-corrected chi connectivity index (χ0v) is 9.08. The molecule has 0 rings (SSSR count). The first kappa shape index (κ1) is 12.5. The minimum absolute atomic E-state index is 0.169. The lowest BCUT2D eigenvalue weighted by atomic mass is 10.4. The molecule has 2 atom stereocenters. The van der Waals surface area contributed by atoms with Crippen LogP contribution in [0.2, 0.25) is 0 Å². The molecule has 5 nitrogen and oxygen atoms in total. The van der Waals surface area contributed by atoms with E-state index in [1.165, 1.54) is 14.0 Å². The third kappa shape index (κ3) is 5.69. The molecule has 1 unspecified atom stereocenters. The maximum Gasteiger partial charge on any atom is 0.342 e. The van der Waals surface area contributed by atoms with E-state index >= 15 is 0 Å². The quantitative estimate of drug-likeness (QED) is 0.505. The molecule has 0 amide bonds. The molecule has 0 fully saturated rings. The summed E-state index contributed by atoms with van der Waals surface area (Å²) in [6, 6.07) is -0.743. The zero-order chi connectivity index (χ0) is 10.4. The van der Waals surface area contributed by atoms with Crippen molar-refractivity contribution >= 4 is 14.1 Å². The summed E-state index contributed by atoms with van der Waals surface area (Å²) in [6.45, 7) is 4.99. The van der Waals surface area contributed by atoms with E-state index in [4.69, 9.17) is 4.52 Å². The summed E-state index contributed by atoms with van der Waals surface area (Å²) in [5.74, 6) is -0.518. The van der Waals surface area contributed by atoms with Gasteiger partial charge in [0.15, 0.2) is 6.04 Å². The summed E-state index contributed by atoms with van der Waals surface area (Å²) in [5, 5.41) is 0. The third-order valence-corrected chi connectivity index (χ3v) is 2.25.